The van der Waals surface area contributed by atoms with Gasteiger partial charge in [0.2, 0.25) is 0 Å². The van der Waals surface area contributed by atoms with Crippen molar-refractivity contribution in [1.29, 1.82) is 5.26 Å². The van der Waals surface area contributed by atoms with Crippen LogP contribution < -0.4 is 0 Å². The predicted octanol–water partition coefficient (Wildman–Crippen LogP) is 3.12. The Balaban J connectivity index is 2.60. The lowest BCUT2D eigenvalue weighted by atomic mass is 10.2. The van der Waals surface area contributed by atoms with Crippen LogP contribution in [0.25, 0.3) is 0 Å². The van der Waals surface area contributed by atoms with E-state index in [1.165, 1.54) is 11.6 Å². The summed E-state index contributed by atoms with van der Waals surface area (Å²) in [6.07, 6.45) is 1.48. The number of benzene rings is 1. The van der Waals surface area contributed by atoms with Crippen molar-refractivity contribution < 1.29 is 0 Å². The molecule has 0 aliphatic rings. The van der Waals surface area contributed by atoms with E-state index in [0.717, 1.165) is 4.90 Å². The number of nitriles is 1. The first-order valence-corrected chi connectivity index (χ1v) is 4.49. The Hall–Kier alpha value is -1.20. The average Bonchev–Trinajstić information content (AvgIpc) is 2.09. The van der Waals surface area contributed by atoms with Gasteiger partial charge in [-0.1, -0.05) is 29.5 Å². The topological polar surface area (TPSA) is 23.8 Å². The number of hydrogen-bond donors (Lipinski definition) is 0. The molecule has 1 aromatic carbocycles. The largest absolute Gasteiger partial charge is 0.193 e. The molecular formula is C10H9NS. The van der Waals surface area contributed by atoms with E-state index in [9.17, 15) is 0 Å². The Morgan fingerprint density at radius 1 is 1.33 bits per heavy atom. The highest BCUT2D eigenvalue weighted by atomic mass is 32.2. The molecule has 0 saturated heterocycles. The van der Waals surface area contributed by atoms with Crippen LogP contribution in [-0.4, -0.2) is 0 Å². The van der Waals surface area contributed by atoms with Crippen LogP contribution in [0.4, 0.5) is 0 Å². The first-order chi connectivity index (χ1) is 5.83. The molecule has 0 heterocycles. The van der Waals surface area contributed by atoms with Gasteiger partial charge >= 0.3 is 0 Å². The second-order valence-electron chi connectivity index (χ2n) is 2.36. The van der Waals surface area contributed by atoms with E-state index in [-0.39, 0.29) is 0 Å². The van der Waals surface area contributed by atoms with Crippen molar-refractivity contribution in [1.82, 2.24) is 0 Å². The minimum Gasteiger partial charge on any atom is -0.193 e. The first-order valence-electron chi connectivity index (χ1n) is 3.61. The zero-order chi connectivity index (χ0) is 8.81. The van der Waals surface area contributed by atoms with Crippen molar-refractivity contribution in [3.63, 3.8) is 0 Å². The second kappa shape index (κ2) is 4.63. The van der Waals surface area contributed by atoms with Crippen LogP contribution in [0.5, 0.6) is 0 Å². The van der Waals surface area contributed by atoms with E-state index in [0.29, 0.717) is 0 Å². The van der Waals surface area contributed by atoms with Crippen molar-refractivity contribution in [3.8, 4) is 6.07 Å². The molecule has 0 spiro atoms. The number of aryl methyl sites for hydroxylation is 1. The molecule has 12 heavy (non-hydrogen) atoms. The van der Waals surface area contributed by atoms with Crippen molar-refractivity contribution in [3.05, 3.63) is 41.3 Å². The first kappa shape index (κ1) is 8.89. The van der Waals surface area contributed by atoms with E-state index in [1.807, 2.05) is 18.2 Å². The van der Waals surface area contributed by atoms with Gasteiger partial charge in [0.1, 0.15) is 0 Å². The molecule has 0 saturated carbocycles. The molecule has 0 aliphatic carbocycles. The highest BCUT2D eigenvalue weighted by Crippen LogP contribution is 2.18. The maximum absolute atomic E-state index is 8.24. The van der Waals surface area contributed by atoms with E-state index in [1.54, 1.807) is 17.2 Å². The zero-order valence-electron chi connectivity index (χ0n) is 6.82. The second-order valence-corrected chi connectivity index (χ2v) is 3.34. The summed E-state index contributed by atoms with van der Waals surface area (Å²) in [4.78, 5) is 1.16. The van der Waals surface area contributed by atoms with Gasteiger partial charge in [0.05, 0.1) is 6.07 Å². The SMILES string of the molecule is Cc1ccc(S/C=C\C#N)cc1. The van der Waals surface area contributed by atoms with Crippen LogP contribution in [0.3, 0.4) is 0 Å². The molecule has 0 amide bonds. The number of nitrogens with zero attached hydrogens (tertiary/aromatic N) is 1. The summed E-state index contributed by atoms with van der Waals surface area (Å²) in [5, 5.41) is 10.0. The lowest BCUT2D eigenvalue weighted by Crippen LogP contribution is -1.70. The summed E-state index contributed by atoms with van der Waals surface area (Å²) < 4.78 is 0. The van der Waals surface area contributed by atoms with Crippen LogP contribution in [0.15, 0.2) is 40.6 Å². The highest BCUT2D eigenvalue weighted by molar-refractivity contribution is 8.02. The number of allylic oxidation sites excluding steroid dienone is 1. The average molecular weight is 175 g/mol. The molecule has 0 unspecified atom stereocenters. The van der Waals surface area contributed by atoms with Crippen LogP contribution >= 0.6 is 11.8 Å². The van der Waals surface area contributed by atoms with Gasteiger partial charge in [-0.25, -0.2) is 0 Å². The van der Waals surface area contributed by atoms with Crippen LogP contribution in [0, 0.1) is 18.3 Å². The number of thioether (sulfide) groups is 1. The molecule has 0 aliphatic heterocycles. The van der Waals surface area contributed by atoms with Gasteiger partial charge in [-0.15, -0.1) is 0 Å². The van der Waals surface area contributed by atoms with Crippen LogP contribution in [0.2, 0.25) is 0 Å². The standard InChI is InChI=1S/C10H9NS/c1-9-3-5-10(6-4-9)12-8-2-7-11/h2-6,8H,1H3/b8-2-. The summed E-state index contributed by atoms with van der Waals surface area (Å²) in [5.41, 5.74) is 1.25. The molecular weight excluding hydrogens is 166 g/mol. The Bertz CT molecular complexity index is 306. The zero-order valence-corrected chi connectivity index (χ0v) is 7.64. The molecule has 0 aromatic heterocycles. The smallest absolute Gasteiger partial charge is 0.0917 e. The van der Waals surface area contributed by atoms with Crippen LogP contribution in [0.1, 0.15) is 5.56 Å². The van der Waals surface area contributed by atoms with Gasteiger partial charge in [-0.05, 0) is 24.5 Å². The molecule has 0 radical (unpaired) electrons. The molecule has 0 fully saturated rings. The Kier molecular flexibility index (Phi) is 3.43. The third kappa shape index (κ3) is 2.81. The molecule has 1 rings (SSSR count). The third-order valence-corrected chi connectivity index (χ3v) is 2.18. The summed E-state index contributed by atoms with van der Waals surface area (Å²) in [7, 11) is 0. The third-order valence-electron chi connectivity index (χ3n) is 1.37. The van der Waals surface area contributed by atoms with Crippen molar-refractivity contribution in [2.75, 3.05) is 0 Å². The molecule has 1 nitrogen and oxygen atoms in total. The van der Waals surface area contributed by atoms with Crippen LogP contribution in [-0.2, 0) is 0 Å². The van der Waals surface area contributed by atoms with Gasteiger partial charge < -0.3 is 0 Å². The lowest BCUT2D eigenvalue weighted by molar-refractivity contribution is 1.38. The summed E-state index contributed by atoms with van der Waals surface area (Å²) in [5.74, 6) is 0. The van der Waals surface area contributed by atoms with E-state index >= 15 is 0 Å². The summed E-state index contributed by atoms with van der Waals surface area (Å²) in [6.45, 7) is 2.06. The maximum Gasteiger partial charge on any atom is 0.0917 e. The highest BCUT2D eigenvalue weighted by Gasteiger charge is 1.88. The Labute approximate surface area is 76.7 Å². The summed E-state index contributed by atoms with van der Waals surface area (Å²) >= 11 is 1.55. The quantitative estimate of drug-likeness (QED) is 0.509. The fraction of sp³-hybridized carbons (Fsp3) is 0.100. The molecule has 0 atom stereocenters. The van der Waals surface area contributed by atoms with Crippen molar-refractivity contribution in [2.45, 2.75) is 11.8 Å². The monoisotopic (exact) mass is 175 g/mol. The fourth-order valence-electron chi connectivity index (χ4n) is 0.760. The maximum atomic E-state index is 8.24. The minimum atomic E-state index is 1.16. The lowest BCUT2D eigenvalue weighted by Gasteiger charge is -1.95. The number of hydrogen-bond acceptors (Lipinski definition) is 2. The number of rotatable bonds is 2. The van der Waals surface area contributed by atoms with Gasteiger partial charge in [0, 0.05) is 11.0 Å². The van der Waals surface area contributed by atoms with E-state index in [2.05, 4.69) is 19.1 Å². The van der Waals surface area contributed by atoms with E-state index < -0.39 is 0 Å². The Morgan fingerprint density at radius 3 is 2.58 bits per heavy atom. The van der Waals surface area contributed by atoms with E-state index in [4.69, 9.17) is 5.26 Å². The van der Waals surface area contributed by atoms with Gasteiger partial charge in [0.15, 0.2) is 0 Å². The summed E-state index contributed by atoms with van der Waals surface area (Å²) in [6, 6.07) is 10.2. The normalized spacial score (nSPS) is 10.0. The predicted molar refractivity (Wildman–Crippen MR) is 51.8 cm³/mol. The molecule has 2 heteroatoms. The van der Waals surface area contributed by atoms with Gasteiger partial charge in [-0.2, -0.15) is 5.26 Å². The minimum absolute atomic E-state index is 1.16. The Morgan fingerprint density at radius 2 is 2.00 bits per heavy atom. The van der Waals surface area contributed by atoms with Crippen molar-refractivity contribution >= 4 is 11.8 Å². The van der Waals surface area contributed by atoms with Crippen molar-refractivity contribution in [2.24, 2.45) is 0 Å². The van der Waals surface area contributed by atoms with Gasteiger partial charge in [-0.3, -0.25) is 0 Å². The molecule has 1 aromatic rings. The fourth-order valence-corrected chi connectivity index (χ4v) is 1.34. The molecule has 60 valence electrons. The molecule has 0 N–H and O–H groups in total. The molecule has 0 bridgehead atoms. The van der Waals surface area contributed by atoms with Gasteiger partial charge in [0.25, 0.3) is 0 Å².